The maximum atomic E-state index is 11.4. The maximum absolute atomic E-state index is 11.4. The zero-order chi connectivity index (χ0) is 11.8. The lowest BCUT2D eigenvalue weighted by molar-refractivity contribution is -0.145. The van der Waals surface area contributed by atoms with Gasteiger partial charge >= 0.3 is 5.97 Å². The van der Waals surface area contributed by atoms with Gasteiger partial charge in [0.25, 0.3) is 0 Å². The first-order valence-electron chi connectivity index (χ1n) is 4.95. The molecule has 1 unspecified atom stereocenters. The Kier molecular flexibility index (Phi) is 7.05. The molecule has 0 fully saturated rings. The molecule has 0 aromatic rings. The molecule has 0 saturated carbocycles. The molecule has 0 N–H and O–H groups in total. The number of allylic oxidation sites excluding steroid dienone is 2. The van der Waals surface area contributed by atoms with Crippen molar-refractivity contribution in [1.29, 1.82) is 0 Å². The number of Topliss-reactive ketones (excluding diaryl/α,β-unsaturated/α-hetero) is 1. The van der Waals surface area contributed by atoms with Crippen molar-refractivity contribution in [2.45, 2.75) is 39.0 Å². The summed E-state index contributed by atoms with van der Waals surface area (Å²) in [4.78, 5) is 22.5. The molecule has 0 aliphatic heterocycles. The quantitative estimate of drug-likeness (QED) is 0.306. The van der Waals surface area contributed by atoms with Crippen LogP contribution in [-0.2, 0) is 14.3 Å². The Morgan fingerprint density at radius 2 is 2.00 bits per heavy atom. The monoisotopic (exact) mass is 232 g/mol. The van der Waals surface area contributed by atoms with E-state index in [2.05, 4.69) is 4.74 Å². The van der Waals surface area contributed by atoms with E-state index in [4.69, 9.17) is 11.6 Å². The molecule has 0 aliphatic rings. The SMILES string of the molecule is CCOC(=O)C(Cl)C(=O)CCC=C(C)C. The van der Waals surface area contributed by atoms with Crippen LogP contribution in [0.25, 0.3) is 0 Å². The van der Waals surface area contributed by atoms with Crippen LogP contribution in [-0.4, -0.2) is 23.7 Å². The number of ether oxygens (including phenoxy) is 1. The lowest BCUT2D eigenvalue weighted by Crippen LogP contribution is -2.26. The lowest BCUT2D eigenvalue weighted by Gasteiger charge is -2.06. The highest BCUT2D eigenvalue weighted by atomic mass is 35.5. The number of hydrogen-bond acceptors (Lipinski definition) is 3. The summed E-state index contributed by atoms with van der Waals surface area (Å²) in [5.74, 6) is -0.936. The summed E-state index contributed by atoms with van der Waals surface area (Å²) >= 11 is 5.63. The van der Waals surface area contributed by atoms with E-state index in [1.165, 1.54) is 0 Å². The van der Waals surface area contributed by atoms with Crippen LogP contribution in [0.1, 0.15) is 33.6 Å². The van der Waals surface area contributed by atoms with Crippen molar-refractivity contribution in [3.05, 3.63) is 11.6 Å². The topological polar surface area (TPSA) is 43.4 Å². The molecule has 4 heteroatoms. The second-order valence-corrected chi connectivity index (χ2v) is 3.84. The molecule has 0 radical (unpaired) electrons. The summed E-state index contributed by atoms with van der Waals surface area (Å²) in [6, 6.07) is 0. The fourth-order valence-electron chi connectivity index (χ4n) is 0.977. The second-order valence-electron chi connectivity index (χ2n) is 3.40. The minimum absolute atomic E-state index is 0.239. The standard InChI is InChI=1S/C11H17ClO3/c1-4-15-11(14)10(12)9(13)7-5-6-8(2)3/h6,10H,4-5,7H2,1-3H3. The Morgan fingerprint density at radius 1 is 1.40 bits per heavy atom. The average molecular weight is 233 g/mol. The van der Waals surface area contributed by atoms with Crippen LogP contribution in [0.4, 0.5) is 0 Å². The van der Waals surface area contributed by atoms with E-state index in [9.17, 15) is 9.59 Å². The molecule has 0 aliphatic carbocycles. The third-order valence-electron chi connectivity index (χ3n) is 1.72. The van der Waals surface area contributed by atoms with E-state index in [0.717, 1.165) is 5.57 Å². The Labute approximate surface area is 95.4 Å². The third-order valence-corrected chi connectivity index (χ3v) is 2.14. The molecule has 0 aromatic heterocycles. The van der Waals surface area contributed by atoms with Gasteiger partial charge in [-0.3, -0.25) is 4.79 Å². The predicted octanol–water partition coefficient (Wildman–Crippen LogP) is 2.47. The first kappa shape index (κ1) is 14.2. The van der Waals surface area contributed by atoms with Crippen LogP contribution in [0, 0.1) is 0 Å². The maximum Gasteiger partial charge on any atom is 0.331 e. The van der Waals surface area contributed by atoms with Gasteiger partial charge in [-0.2, -0.15) is 0 Å². The van der Waals surface area contributed by atoms with Crippen LogP contribution in [0.15, 0.2) is 11.6 Å². The number of ketones is 1. The average Bonchev–Trinajstić information content (AvgIpc) is 2.16. The first-order chi connectivity index (χ1) is 6.99. The minimum atomic E-state index is -1.16. The van der Waals surface area contributed by atoms with Gasteiger partial charge in [-0.05, 0) is 27.2 Å². The molecular weight excluding hydrogens is 216 g/mol. The van der Waals surface area contributed by atoms with Crippen LogP contribution in [0.2, 0.25) is 0 Å². The number of alkyl halides is 1. The van der Waals surface area contributed by atoms with Gasteiger partial charge in [-0.25, -0.2) is 4.79 Å². The summed E-state index contributed by atoms with van der Waals surface area (Å²) in [6.45, 7) is 5.82. The van der Waals surface area contributed by atoms with Crippen molar-refractivity contribution in [1.82, 2.24) is 0 Å². The van der Waals surface area contributed by atoms with Gasteiger partial charge in [-0.1, -0.05) is 11.6 Å². The largest absolute Gasteiger partial charge is 0.465 e. The van der Waals surface area contributed by atoms with Crippen molar-refractivity contribution in [3.8, 4) is 0 Å². The van der Waals surface area contributed by atoms with Crippen LogP contribution in [0.3, 0.4) is 0 Å². The Morgan fingerprint density at radius 3 is 2.47 bits per heavy atom. The third kappa shape index (κ3) is 6.28. The molecule has 0 rings (SSSR count). The Balaban J connectivity index is 3.99. The molecule has 86 valence electrons. The fourth-order valence-corrected chi connectivity index (χ4v) is 1.15. The number of esters is 1. The van der Waals surface area contributed by atoms with E-state index in [1.54, 1.807) is 6.92 Å². The highest BCUT2D eigenvalue weighted by Crippen LogP contribution is 2.07. The number of carbonyl (C=O) groups is 2. The molecular formula is C11H17ClO3. The fraction of sp³-hybridized carbons (Fsp3) is 0.636. The molecule has 0 heterocycles. The molecule has 0 amide bonds. The molecule has 3 nitrogen and oxygen atoms in total. The van der Waals surface area contributed by atoms with Gasteiger partial charge in [0.15, 0.2) is 11.2 Å². The normalized spacial score (nSPS) is 11.7. The van der Waals surface area contributed by atoms with Gasteiger partial charge < -0.3 is 4.74 Å². The lowest BCUT2D eigenvalue weighted by atomic mass is 10.1. The minimum Gasteiger partial charge on any atom is -0.465 e. The van der Waals surface area contributed by atoms with E-state index in [-0.39, 0.29) is 18.8 Å². The smallest absolute Gasteiger partial charge is 0.331 e. The summed E-state index contributed by atoms with van der Waals surface area (Å²) in [7, 11) is 0. The second kappa shape index (κ2) is 7.46. The van der Waals surface area contributed by atoms with E-state index < -0.39 is 11.3 Å². The first-order valence-corrected chi connectivity index (χ1v) is 5.39. The molecule has 1 atom stereocenters. The Hall–Kier alpha value is -0.830. The van der Waals surface area contributed by atoms with E-state index >= 15 is 0 Å². The van der Waals surface area contributed by atoms with E-state index in [1.807, 2.05) is 19.9 Å². The number of carbonyl (C=O) groups excluding carboxylic acids is 2. The zero-order valence-electron chi connectivity index (χ0n) is 9.38. The van der Waals surface area contributed by atoms with Crippen molar-refractivity contribution >= 4 is 23.4 Å². The molecule has 0 aromatic carbocycles. The number of halogens is 1. The van der Waals surface area contributed by atoms with E-state index in [0.29, 0.717) is 6.42 Å². The molecule has 0 spiro atoms. The van der Waals surface area contributed by atoms with Crippen molar-refractivity contribution < 1.29 is 14.3 Å². The predicted molar refractivity (Wildman–Crippen MR) is 59.9 cm³/mol. The van der Waals surface area contributed by atoms with Gasteiger partial charge in [0.1, 0.15) is 0 Å². The highest BCUT2D eigenvalue weighted by molar-refractivity contribution is 6.41. The van der Waals surface area contributed by atoms with Crippen LogP contribution >= 0.6 is 11.6 Å². The number of rotatable bonds is 6. The number of hydrogen-bond donors (Lipinski definition) is 0. The Bertz CT molecular complexity index is 255. The molecule has 15 heavy (non-hydrogen) atoms. The molecule has 0 saturated heterocycles. The summed E-state index contributed by atoms with van der Waals surface area (Å²) in [5, 5.41) is -1.16. The zero-order valence-corrected chi connectivity index (χ0v) is 10.1. The highest BCUT2D eigenvalue weighted by Gasteiger charge is 2.23. The van der Waals surface area contributed by atoms with Crippen LogP contribution in [0.5, 0.6) is 0 Å². The van der Waals surface area contributed by atoms with Crippen LogP contribution < -0.4 is 0 Å². The summed E-state index contributed by atoms with van der Waals surface area (Å²) in [6.07, 6.45) is 2.83. The summed E-state index contributed by atoms with van der Waals surface area (Å²) in [5.41, 5.74) is 1.14. The van der Waals surface area contributed by atoms with Crippen molar-refractivity contribution in [3.63, 3.8) is 0 Å². The van der Waals surface area contributed by atoms with Gasteiger partial charge in [-0.15, -0.1) is 11.6 Å². The molecule has 0 bridgehead atoms. The van der Waals surface area contributed by atoms with Crippen molar-refractivity contribution in [2.24, 2.45) is 0 Å². The van der Waals surface area contributed by atoms with Crippen molar-refractivity contribution in [2.75, 3.05) is 6.61 Å². The van der Waals surface area contributed by atoms with Gasteiger partial charge in [0.05, 0.1) is 6.61 Å². The summed E-state index contributed by atoms with van der Waals surface area (Å²) < 4.78 is 4.65. The van der Waals surface area contributed by atoms with Gasteiger partial charge in [0.2, 0.25) is 0 Å². The van der Waals surface area contributed by atoms with Gasteiger partial charge in [0, 0.05) is 6.42 Å².